The van der Waals surface area contributed by atoms with E-state index in [4.69, 9.17) is 4.52 Å². The molecule has 0 fully saturated rings. The molecule has 0 unspecified atom stereocenters. The molecule has 0 saturated heterocycles. The van der Waals surface area contributed by atoms with E-state index in [9.17, 15) is 4.79 Å². The Morgan fingerprint density at radius 2 is 2.21 bits per heavy atom. The summed E-state index contributed by atoms with van der Waals surface area (Å²) in [6.07, 6.45) is 1.77. The molecule has 2 aromatic rings. The molecule has 0 bridgehead atoms. The van der Waals surface area contributed by atoms with Crippen LogP contribution in [0, 0.1) is 13.8 Å². The fourth-order valence-electron chi connectivity index (χ4n) is 1.74. The second-order valence-electron chi connectivity index (χ2n) is 4.81. The average Bonchev–Trinajstić information content (AvgIpc) is 2.92. The molecule has 19 heavy (non-hydrogen) atoms. The number of amides is 1. The van der Waals surface area contributed by atoms with E-state index < -0.39 is 0 Å². The van der Waals surface area contributed by atoms with Gasteiger partial charge in [-0.05, 0) is 27.7 Å². The predicted octanol–water partition coefficient (Wildman–Crippen LogP) is 2.00. The highest BCUT2D eigenvalue weighted by molar-refractivity contribution is 5.94. The van der Waals surface area contributed by atoms with Crippen LogP contribution in [0.2, 0.25) is 0 Å². The summed E-state index contributed by atoms with van der Waals surface area (Å²) < 4.78 is 6.73. The van der Waals surface area contributed by atoms with Gasteiger partial charge in [0.1, 0.15) is 11.5 Å². The van der Waals surface area contributed by atoms with Crippen LogP contribution < -0.4 is 5.32 Å². The van der Waals surface area contributed by atoms with Crippen molar-refractivity contribution in [2.24, 2.45) is 0 Å². The quantitative estimate of drug-likeness (QED) is 0.914. The monoisotopic (exact) mass is 262 g/mol. The van der Waals surface area contributed by atoms with Crippen LogP contribution in [0.25, 0.3) is 0 Å². The molecular weight excluding hydrogens is 244 g/mol. The van der Waals surface area contributed by atoms with Crippen molar-refractivity contribution in [3.05, 3.63) is 35.0 Å². The summed E-state index contributed by atoms with van der Waals surface area (Å²) in [4.78, 5) is 12.1. The van der Waals surface area contributed by atoms with E-state index in [1.807, 2.05) is 27.7 Å². The fraction of sp³-hybridized carbons (Fsp3) is 0.462. The summed E-state index contributed by atoms with van der Waals surface area (Å²) in [6.45, 7) is 8.03. The molecule has 0 saturated carbocycles. The van der Waals surface area contributed by atoms with E-state index in [0.29, 0.717) is 17.8 Å². The van der Waals surface area contributed by atoms with E-state index in [-0.39, 0.29) is 11.9 Å². The molecule has 2 rings (SSSR count). The SMILES string of the molecule is Cc1cc(CNC(=O)c2cn(C(C)C)nc2C)no1. The number of carbonyl (C=O) groups is 1. The van der Waals surface area contributed by atoms with Crippen LogP contribution in [0.3, 0.4) is 0 Å². The Labute approximate surface area is 111 Å². The van der Waals surface area contributed by atoms with Crippen LogP contribution in [0.5, 0.6) is 0 Å². The minimum atomic E-state index is -0.148. The van der Waals surface area contributed by atoms with Crippen LogP contribution in [0.15, 0.2) is 16.8 Å². The molecular formula is C13H18N4O2. The zero-order valence-corrected chi connectivity index (χ0v) is 11.6. The molecule has 6 heteroatoms. The number of hydrogen-bond acceptors (Lipinski definition) is 4. The summed E-state index contributed by atoms with van der Waals surface area (Å²) in [5, 5.41) is 10.9. The molecule has 0 aliphatic heterocycles. The molecule has 2 aromatic heterocycles. The molecule has 0 aliphatic carbocycles. The van der Waals surface area contributed by atoms with Crippen LogP contribution in [0.4, 0.5) is 0 Å². The van der Waals surface area contributed by atoms with Crippen molar-refractivity contribution in [1.82, 2.24) is 20.3 Å². The maximum Gasteiger partial charge on any atom is 0.255 e. The zero-order valence-electron chi connectivity index (χ0n) is 11.6. The smallest absolute Gasteiger partial charge is 0.255 e. The van der Waals surface area contributed by atoms with Gasteiger partial charge in [0.2, 0.25) is 0 Å². The zero-order chi connectivity index (χ0) is 14.0. The second-order valence-corrected chi connectivity index (χ2v) is 4.81. The second kappa shape index (κ2) is 5.26. The van der Waals surface area contributed by atoms with Gasteiger partial charge >= 0.3 is 0 Å². The summed E-state index contributed by atoms with van der Waals surface area (Å²) in [7, 11) is 0. The molecule has 0 aliphatic rings. The van der Waals surface area contributed by atoms with Gasteiger partial charge < -0.3 is 9.84 Å². The molecule has 0 atom stereocenters. The number of aromatic nitrogens is 3. The third-order valence-corrected chi connectivity index (χ3v) is 2.80. The van der Waals surface area contributed by atoms with Crippen LogP contribution in [-0.4, -0.2) is 20.8 Å². The highest BCUT2D eigenvalue weighted by Gasteiger charge is 2.14. The number of aryl methyl sites for hydroxylation is 2. The largest absolute Gasteiger partial charge is 0.361 e. The van der Waals surface area contributed by atoms with Gasteiger partial charge in [-0.25, -0.2) is 0 Å². The Bertz CT molecular complexity index is 583. The summed E-state index contributed by atoms with van der Waals surface area (Å²) in [5.74, 6) is 0.582. The molecule has 102 valence electrons. The minimum absolute atomic E-state index is 0.148. The van der Waals surface area contributed by atoms with Crippen molar-refractivity contribution in [2.45, 2.75) is 40.3 Å². The first-order valence-electron chi connectivity index (χ1n) is 6.23. The van der Waals surface area contributed by atoms with Crippen LogP contribution in [-0.2, 0) is 6.54 Å². The molecule has 1 N–H and O–H groups in total. The van der Waals surface area contributed by atoms with E-state index in [1.165, 1.54) is 0 Å². The molecule has 1 amide bonds. The van der Waals surface area contributed by atoms with Crippen LogP contribution >= 0.6 is 0 Å². The standard InChI is InChI=1S/C13H18N4O2/c1-8(2)17-7-12(10(4)15-17)13(18)14-6-11-5-9(3)19-16-11/h5,7-8H,6H2,1-4H3,(H,14,18). The van der Waals surface area contributed by atoms with Crippen molar-refractivity contribution >= 4 is 5.91 Å². The maximum absolute atomic E-state index is 12.1. The molecule has 2 heterocycles. The highest BCUT2D eigenvalue weighted by Crippen LogP contribution is 2.10. The molecule has 0 aromatic carbocycles. The number of nitrogens with zero attached hydrogens (tertiary/aromatic N) is 3. The van der Waals surface area contributed by atoms with Gasteiger partial charge in [0, 0.05) is 18.3 Å². The third kappa shape index (κ3) is 3.01. The van der Waals surface area contributed by atoms with Gasteiger partial charge in [-0.15, -0.1) is 0 Å². The van der Waals surface area contributed by atoms with Gasteiger partial charge in [0.15, 0.2) is 0 Å². The Balaban J connectivity index is 2.03. The van der Waals surface area contributed by atoms with Gasteiger partial charge in [0.05, 0.1) is 17.8 Å². The highest BCUT2D eigenvalue weighted by atomic mass is 16.5. The third-order valence-electron chi connectivity index (χ3n) is 2.80. The van der Waals surface area contributed by atoms with Crippen molar-refractivity contribution in [3.8, 4) is 0 Å². The fourth-order valence-corrected chi connectivity index (χ4v) is 1.74. The van der Waals surface area contributed by atoms with Crippen molar-refractivity contribution in [2.75, 3.05) is 0 Å². The maximum atomic E-state index is 12.1. The first-order chi connectivity index (χ1) is 8.97. The lowest BCUT2D eigenvalue weighted by Gasteiger charge is -2.03. The van der Waals surface area contributed by atoms with Gasteiger partial charge in [-0.1, -0.05) is 5.16 Å². The number of carbonyl (C=O) groups excluding carboxylic acids is 1. The van der Waals surface area contributed by atoms with Gasteiger partial charge in [0.25, 0.3) is 5.91 Å². The van der Waals surface area contributed by atoms with E-state index >= 15 is 0 Å². The molecule has 0 radical (unpaired) electrons. The van der Waals surface area contributed by atoms with Crippen molar-refractivity contribution in [3.63, 3.8) is 0 Å². The average molecular weight is 262 g/mol. The summed E-state index contributed by atoms with van der Waals surface area (Å²) in [6, 6.07) is 2.03. The Morgan fingerprint density at radius 3 is 2.74 bits per heavy atom. The lowest BCUT2D eigenvalue weighted by atomic mass is 10.2. The minimum Gasteiger partial charge on any atom is -0.361 e. The first kappa shape index (κ1) is 13.3. The predicted molar refractivity (Wildman–Crippen MR) is 69.8 cm³/mol. The Morgan fingerprint density at radius 1 is 1.47 bits per heavy atom. The summed E-state index contributed by atoms with van der Waals surface area (Å²) in [5.41, 5.74) is 2.02. The topological polar surface area (TPSA) is 73.0 Å². The Kier molecular flexibility index (Phi) is 3.69. The molecule has 6 nitrogen and oxygen atoms in total. The lowest BCUT2D eigenvalue weighted by molar-refractivity contribution is 0.0949. The van der Waals surface area contributed by atoms with E-state index in [1.54, 1.807) is 16.9 Å². The van der Waals surface area contributed by atoms with E-state index in [2.05, 4.69) is 15.6 Å². The van der Waals surface area contributed by atoms with Crippen molar-refractivity contribution in [1.29, 1.82) is 0 Å². The van der Waals surface area contributed by atoms with Crippen molar-refractivity contribution < 1.29 is 9.32 Å². The van der Waals surface area contributed by atoms with Gasteiger partial charge in [-0.3, -0.25) is 9.48 Å². The first-order valence-corrected chi connectivity index (χ1v) is 6.23. The molecule has 0 spiro atoms. The lowest BCUT2D eigenvalue weighted by Crippen LogP contribution is -2.23. The van der Waals surface area contributed by atoms with Gasteiger partial charge in [-0.2, -0.15) is 5.10 Å². The number of nitrogens with one attached hydrogen (secondary N) is 1. The Hall–Kier alpha value is -2.11. The number of rotatable bonds is 4. The van der Waals surface area contributed by atoms with Crippen LogP contribution in [0.1, 0.15) is 47.4 Å². The van der Waals surface area contributed by atoms with E-state index in [0.717, 1.165) is 11.5 Å². The number of hydrogen-bond donors (Lipinski definition) is 1. The normalized spacial score (nSPS) is 11.0. The summed E-state index contributed by atoms with van der Waals surface area (Å²) >= 11 is 0.